The number of esters is 1. The van der Waals surface area contributed by atoms with Crippen LogP contribution in [0.25, 0.3) is 0 Å². The van der Waals surface area contributed by atoms with E-state index in [2.05, 4.69) is 23.6 Å². The van der Waals surface area contributed by atoms with E-state index >= 15 is 0 Å². The molecule has 0 aromatic rings. The molecule has 0 heterocycles. The first-order chi connectivity index (χ1) is 15.4. The third kappa shape index (κ3) is 21.1. The lowest BCUT2D eigenvalue weighted by Gasteiger charge is -2.17. The van der Waals surface area contributed by atoms with Crippen molar-refractivity contribution in [1.29, 1.82) is 0 Å². The molecule has 0 aromatic carbocycles. The Balaban J connectivity index is 3.61. The molecule has 0 saturated carbocycles. The number of nitrogens with two attached hydrogens (primary N) is 1. The smallest absolute Gasteiger partial charge is 0.457 e. The van der Waals surface area contributed by atoms with E-state index in [-0.39, 0.29) is 19.6 Å². The number of hydrogen-bond acceptors (Lipinski definition) is 7. The van der Waals surface area contributed by atoms with Gasteiger partial charge in [-0.1, -0.05) is 70.4 Å². The number of rotatable bonds is 23. The minimum absolute atomic E-state index is 0.0723. The average Bonchev–Trinajstić information content (AvgIpc) is 2.77. The summed E-state index contributed by atoms with van der Waals surface area (Å²) in [6.45, 7) is 1.25. The van der Waals surface area contributed by atoms with Crippen LogP contribution in [0.15, 0.2) is 12.2 Å². The van der Waals surface area contributed by atoms with Gasteiger partial charge in [-0.2, -0.15) is 0 Å². The predicted molar refractivity (Wildman–Crippen MR) is 127 cm³/mol. The molecule has 0 aliphatic heterocycles. The third-order valence-corrected chi connectivity index (χ3v) is 5.92. The Kier molecular flexibility index (Phi) is 21.5. The van der Waals surface area contributed by atoms with Gasteiger partial charge in [0.25, 0.3) is 0 Å². The Morgan fingerprint density at radius 2 is 1.50 bits per heavy atom. The number of phosphoric acid groups is 1. The molecular weight excluding hydrogens is 433 g/mol. The van der Waals surface area contributed by atoms with E-state index in [4.69, 9.17) is 15.0 Å². The lowest BCUT2D eigenvalue weighted by Crippen LogP contribution is -2.27. The van der Waals surface area contributed by atoms with Gasteiger partial charge in [-0.05, 0) is 32.1 Å². The Hall–Kier alpha value is -0.760. The highest BCUT2D eigenvalue weighted by Crippen LogP contribution is 2.42. The topological polar surface area (TPSA) is 128 Å². The summed E-state index contributed by atoms with van der Waals surface area (Å²) >= 11 is 0. The van der Waals surface area contributed by atoms with Crippen molar-refractivity contribution in [1.82, 2.24) is 0 Å². The zero-order valence-electron chi connectivity index (χ0n) is 19.9. The highest BCUT2D eigenvalue weighted by atomic mass is 31.2. The molecule has 2 atom stereocenters. The molecule has 4 N–H and O–H groups in total. The van der Waals surface area contributed by atoms with Crippen LogP contribution in [0.3, 0.4) is 0 Å². The normalized spacial score (nSPS) is 14.5. The molecule has 0 fully saturated rings. The zero-order chi connectivity index (χ0) is 23.9. The maximum atomic E-state index is 11.9. The van der Waals surface area contributed by atoms with E-state index in [1.807, 2.05) is 0 Å². The van der Waals surface area contributed by atoms with Crippen molar-refractivity contribution in [2.45, 2.75) is 103 Å². The van der Waals surface area contributed by atoms with Crippen molar-refractivity contribution in [2.24, 2.45) is 5.73 Å². The van der Waals surface area contributed by atoms with Crippen molar-refractivity contribution in [3.63, 3.8) is 0 Å². The predicted octanol–water partition coefficient (Wildman–Crippen LogP) is 5.02. The lowest BCUT2D eigenvalue weighted by molar-refractivity contribution is -0.153. The van der Waals surface area contributed by atoms with Crippen LogP contribution in [0.5, 0.6) is 0 Å². The Bertz CT molecular complexity index is 517. The summed E-state index contributed by atoms with van der Waals surface area (Å²) in [5, 5.41) is 9.26. The summed E-state index contributed by atoms with van der Waals surface area (Å²) in [5.74, 6) is -0.454. The first-order valence-electron chi connectivity index (χ1n) is 12.2. The molecule has 0 radical (unpaired) electrons. The number of aliphatic hydroxyl groups is 1. The molecule has 0 bridgehead atoms. The van der Waals surface area contributed by atoms with Crippen molar-refractivity contribution in [3.05, 3.63) is 12.2 Å². The largest absolute Gasteiger partial charge is 0.472 e. The van der Waals surface area contributed by atoms with E-state index in [0.29, 0.717) is 0 Å². The number of phosphoric ester groups is 1. The van der Waals surface area contributed by atoms with E-state index < -0.39 is 33.1 Å². The molecule has 8 nitrogen and oxygen atoms in total. The molecule has 32 heavy (non-hydrogen) atoms. The Labute approximate surface area is 194 Å². The summed E-state index contributed by atoms with van der Waals surface area (Å²) in [6.07, 6.45) is 19.1. The van der Waals surface area contributed by atoms with Gasteiger partial charge in [0.15, 0.2) is 0 Å². The minimum Gasteiger partial charge on any atom is -0.457 e. The molecule has 0 saturated heterocycles. The standard InChI is InChI=1S/C23H46NO7P/c1-2-3-4-5-6-7-8-9-10-11-12-13-14-15-16-17-23(26)31-22(20-25)21-30-32(27,28)29-19-18-24/h7-8,22,25H,2-6,9-21,24H2,1H3,(H,27,28). The van der Waals surface area contributed by atoms with Crippen LogP contribution >= 0.6 is 7.82 Å². The van der Waals surface area contributed by atoms with Gasteiger partial charge < -0.3 is 20.5 Å². The summed E-state index contributed by atoms with van der Waals surface area (Å²) in [6, 6.07) is 0. The maximum Gasteiger partial charge on any atom is 0.472 e. The van der Waals surface area contributed by atoms with Crippen LogP contribution in [0, 0.1) is 0 Å². The number of carbonyl (C=O) groups is 1. The van der Waals surface area contributed by atoms with Gasteiger partial charge in [0.2, 0.25) is 0 Å². The Morgan fingerprint density at radius 1 is 0.938 bits per heavy atom. The van der Waals surface area contributed by atoms with Crippen molar-refractivity contribution in [3.8, 4) is 0 Å². The number of hydrogen-bond donors (Lipinski definition) is 3. The molecule has 0 aliphatic rings. The number of ether oxygens (including phenoxy) is 1. The number of carbonyl (C=O) groups excluding carboxylic acids is 1. The Morgan fingerprint density at radius 3 is 2.06 bits per heavy atom. The van der Waals surface area contributed by atoms with Crippen molar-refractivity contribution >= 4 is 13.8 Å². The number of unbranched alkanes of at least 4 members (excludes halogenated alkanes) is 11. The zero-order valence-corrected chi connectivity index (χ0v) is 20.8. The molecular formula is C23H46NO7P. The number of aliphatic hydroxyl groups excluding tert-OH is 1. The summed E-state index contributed by atoms with van der Waals surface area (Å²) in [4.78, 5) is 21.3. The minimum atomic E-state index is -4.26. The molecule has 2 unspecified atom stereocenters. The first-order valence-corrected chi connectivity index (χ1v) is 13.7. The lowest BCUT2D eigenvalue weighted by atomic mass is 10.1. The van der Waals surface area contributed by atoms with E-state index in [9.17, 15) is 19.4 Å². The van der Waals surface area contributed by atoms with Crippen LogP contribution in [-0.4, -0.2) is 48.4 Å². The molecule has 0 amide bonds. The van der Waals surface area contributed by atoms with Gasteiger partial charge >= 0.3 is 13.8 Å². The SMILES string of the molecule is CCCCCCC=CCCCCCCCCCC(=O)OC(CO)COP(=O)(O)OCCN. The second-order valence-corrected chi connectivity index (χ2v) is 9.47. The molecule has 0 aromatic heterocycles. The first kappa shape index (κ1) is 31.2. The van der Waals surface area contributed by atoms with Crippen LogP contribution in [-0.2, 0) is 23.1 Å². The maximum absolute atomic E-state index is 11.9. The second-order valence-electron chi connectivity index (χ2n) is 8.01. The quantitative estimate of drug-likeness (QED) is 0.0806. The van der Waals surface area contributed by atoms with Crippen LogP contribution in [0.1, 0.15) is 96.8 Å². The molecule has 190 valence electrons. The second kappa shape index (κ2) is 22.1. The van der Waals surface area contributed by atoms with E-state index in [1.54, 1.807) is 0 Å². The van der Waals surface area contributed by atoms with Crippen molar-refractivity contribution < 1.29 is 33.1 Å². The molecule has 0 rings (SSSR count). The summed E-state index contributed by atoms with van der Waals surface area (Å²) in [7, 11) is -4.26. The fourth-order valence-electron chi connectivity index (χ4n) is 3.09. The van der Waals surface area contributed by atoms with Gasteiger partial charge in [0, 0.05) is 13.0 Å². The van der Waals surface area contributed by atoms with E-state index in [1.165, 1.54) is 57.8 Å². The van der Waals surface area contributed by atoms with Crippen LogP contribution in [0.2, 0.25) is 0 Å². The van der Waals surface area contributed by atoms with Crippen LogP contribution < -0.4 is 5.73 Å². The fourth-order valence-corrected chi connectivity index (χ4v) is 3.86. The average molecular weight is 480 g/mol. The van der Waals surface area contributed by atoms with Gasteiger partial charge in [-0.15, -0.1) is 0 Å². The van der Waals surface area contributed by atoms with Gasteiger partial charge in [0.1, 0.15) is 6.10 Å². The van der Waals surface area contributed by atoms with Crippen molar-refractivity contribution in [2.75, 3.05) is 26.4 Å². The molecule has 0 spiro atoms. The fraction of sp³-hybridized carbons (Fsp3) is 0.870. The highest BCUT2D eigenvalue weighted by Gasteiger charge is 2.24. The third-order valence-electron chi connectivity index (χ3n) is 4.94. The van der Waals surface area contributed by atoms with E-state index in [0.717, 1.165) is 25.7 Å². The van der Waals surface area contributed by atoms with Gasteiger partial charge in [0.05, 0.1) is 19.8 Å². The summed E-state index contributed by atoms with van der Waals surface area (Å²) < 4.78 is 25.9. The highest BCUT2D eigenvalue weighted by molar-refractivity contribution is 7.47. The molecule has 0 aliphatic carbocycles. The van der Waals surface area contributed by atoms with Crippen LogP contribution in [0.4, 0.5) is 0 Å². The summed E-state index contributed by atoms with van der Waals surface area (Å²) in [5.41, 5.74) is 5.19. The number of allylic oxidation sites excluding steroid dienone is 2. The monoisotopic (exact) mass is 479 g/mol. The molecule has 9 heteroatoms. The van der Waals surface area contributed by atoms with Gasteiger partial charge in [-0.25, -0.2) is 4.57 Å². The van der Waals surface area contributed by atoms with Gasteiger partial charge in [-0.3, -0.25) is 13.8 Å².